The standard InChI is InChI=1S/C22H25BrN2O3S/c1-14-10-15(2)13-25(12-14)22(28)17-11-16(23)5-6-18(17)24-21(27)8-7-19(26)20-4-3-9-29-20/h3-6,9,11,14-15H,7-8,10,12-13H2,1-2H3,(H,24,27)/t14-,15+. The van der Waals surface area contributed by atoms with Gasteiger partial charge < -0.3 is 10.2 Å². The Hall–Kier alpha value is -1.99. The molecule has 0 aliphatic carbocycles. The maximum absolute atomic E-state index is 13.2. The number of thiophene rings is 1. The van der Waals surface area contributed by atoms with E-state index in [1.54, 1.807) is 24.3 Å². The second-order valence-electron chi connectivity index (χ2n) is 7.79. The number of carbonyl (C=O) groups is 3. The number of nitrogens with zero attached hydrogens (tertiary/aromatic N) is 1. The summed E-state index contributed by atoms with van der Waals surface area (Å²) in [5.41, 5.74) is 0.955. The van der Waals surface area contributed by atoms with E-state index in [1.165, 1.54) is 11.3 Å². The van der Waals surface area contributed by atoms with Gasteiger partial charge in [-0.15, -0.1) is 11.3 Å². The predicted molar refractivity (Wildman–Crippen MR) is 120 cm³/mol. The third kappa shape index (κ3) is 5.76. The van der Waals surface area contributed by atoms with Gasteiger partial charge in [-0.1, -0.05) is 35.8 Å². The molecule has 1 aliphatic heterocycles. The van der Waals surface area contributed by atoms with E-state index in [1.807, 2.05) is 16.3 Å². The zero-order valence-corrected chi connectivity index (χ0v) is 19.0. The van der Waals surface area contributed by atoms with Gasteiger partial charge in [0.05, 0.1) is 16.1 Å². The van der Waals surface area contributed by atoms with Crippen LogP contribution in [0.25, 0.3) is 0 Å². The molecule has 0 unspecified atom stereocenters. The average Bonchev–Trinajstić information content (AvgIpc) is 3.21. The van der Waals surface area contributed by atoms with Crippen LogP contribution in [-0.4, -0.2) is 35.6 Å². The lowest BCUT2D eigenvalue weighted by Crippen LogP contribution is -2.42. The summed E-state index contributed by atoms with van der Waals surface area (Å²) in [6.07, 6.45) is 1.34. The van der Waals surface area contributed by atoms with Crippen LogP contribution in [0.3, 0.4) is 0 Å². The topological polar surface area (TPSA) is 66.5 Å². The van der Waals surface area contributed by atoms with Gasteiger partial charge in [0.25, 0.3) is 5.91 Å². The highest BCUT2D eigenvalue weighted by Gasteiger charge is 2.28. The van der Waals surface area contributed by atoms with Crippen molar-refractivity contribution in [2.45, 2.75) is 33.1 Å². The molecule has 1 aliphatic rings. The molecule has 7 heteroatoms. The molecule has 2 aromatic rings. The summed E-state index contributed by atoms with van der Waals surface area (Å²) >= 11 is 4.80. The molecule has 29 heavy (non-hydrogen) atoms. The average molecular weight is 477 g/mol. The highest BCUT2D eigenvalue weighted by Crippen LogP contribution is 2.27. The second kappa shape index (κ2) is 9.67. The van der Waals surface area contributed by atoms with Crippen molar-refractivity contribution in [3.63, 3.8) is 0 Å². The lowest BCUT2D eigenvalue weighted by Gasteiger charge is -2.35. The number of likely N-dealkylation sites (tertiary alicyclic amines) is 1. The first-order valence-corrected chi connectivity index (χ1v) is 11.5. The van der Waals surface area contributed by atoms with Gasteiger partial charge in [0.15, 0.2) is 5.78 Å². The van der Waals surface area contributed by atoms with Gasteiger partial charge in [-0.25, -0.2) is 0 Å². The Morgan fingerprint density at radius 3 is 2.52 bits per heavy atom. The molecule has 1 fully saturated rings. The van der Waals surface area contributed by atoms with Crippen LogP contribution in [0, 0.1) is 11.8 Å². The van der Waals surface area contributed by atoms with Crippen LogP contribution in [0.5, 0.6) is 0 Å². The maximum atomic E-state index is 13.2. The molecule has 1 aromatic carbocycles. The summed E-state index contributed by atoms with van der Waals surface area (Å²) in [4.78, 5) is 40.2. The molecule has 1 N–H and O–H groups in total. The SMILES string of the molecule is C[C@@H]1C[C@H](C)CN(C(=O)c2cc(Br)ccc2NC(=O)CCC(=O)c2cccs2)C1. The Morgan fingerprint density at radius 2 is 1.86 bits per heavy atom. The van der Waals surface area contributed by atoms with Crippen molar-refractivity contribution in [3.8, 4) is 0 Å². The molecule has 5 nitrogen and oxygen atoms in total. The second-order valence-corrected chi connectivity index (χ2v) is 9.66. The van der Waals surface area contributed by atoms with E-state index < -0.39 is 0 Å². The summed E-state index contributed by atoms with van der Waals surface area (Å²) in [7, 11) is 0. The van der Waals surface area contributed by atoms with Crippen LogP contribution in [0.1, 0.15) is 53.1 Å². The highest BCUT2D eigenvalue weighted by molar-refractivity contribution is 9.10. The number of Topliss-reactive ketones (excluding diaryl/α,β-unsaturated/α-hetero) is 1. The van der Waals surface area contributed by atoms with Crippen LogP contribution in [0.15, 0.2) is 40.2 Å². The number of piperidine rings is 1. The Labute approximate surface area is 183 Å². The van der Waals surface area contributed by atoms with Crippen LogP contribution in [-0.2, 0) is 4.79 Å². The Bertz CT molecular complexity index is 887. The van der Waals surface area contributed by atoms with Crippen LogP contribution in [0.2, 0.25) is 0 Å². The molecule has 1 saturated heterocycles. The molecule has 0 radical (unpaired) electrons. The number of nitrogens with one attached hydrogen (secondary N) is 1. The lowest BCUT2D eigenvalue weighted by atomic mass is 9.91. The maximum Gasteiger partial charge on any atom is 0.256 e. The van der Waals surface area contributed by atoms with E-state index in [0.29, 0.717) is 28.0 Å². The van der Waals surface area contributed by atoms with Crippen LogP contribution in [0.4, 0.5) is 5.69 Å². The summed E-state index contributed by atoms with van der Waals surface area (Å²) in [6.45, 7) is 5.76. The third-order valence-electron chi connectivity index (χ3n) is 5.02. The van der Waals surface area contributed by atoms with Crippen molar-refractivity contribution >= 4 is 50.6 Å². The fourth-order valence-corrected chi connectivity index (χ4v) is 4.86. The summed E-state index contributed by atoms with van der Waals surface area (Å²) in [5.74, 6) is 0.521. The number of hydrogen-bond donors (Lipinski definition) is 1. The lowest BCUT2D eigenvalue weighted by molar-refractivity contribution is -0.116. The molecule has 2 atom stereocenters. The Balaban J connectivity index is 1.68. The van der Waals surface area contributed by atoms with Crippen molar-refractivity contribution in [3.05, 3.63) is 50.6 Å². The molecule has 0 bridgehead atoms. The van der Waals surface area contributed by atoms with Crippen LogP contribution < -0.4 is 5.32 Å². The van der Waals surface area contributed by atoms with Crippen molar-refractivity contribution in [2.75, 3.05) is 18.4 Å². The van der Waals surface area contributed by atoms with E-state index in [4.69, 9.17) is 0 Å². The number of ketones is 1. The van der Waals surface area contributed by atoms with Crippen molar-refractivity contribution in [2.24, 2.45) is 11.8 Å². The van der Waals surface area contributed by atoms with Crippen molar-refractivity contribution < 1.29 is 14.4 Å². The van der Waals surface area contributed by atoms with E-state index >= 15 is 0 Å². The number of rotatable bonds is 6. The van der Waals surface area contributed by atoms with E-state index in [-0.39, 0.29) is 30.4 Å². The molecular weight excluding hydrogens is 452 g/mol. The first kappa shape index (κ1) is 21.7. The van der Waals surface area contributed by atoms with Crippen molar-refractivity contribution in [1.82, 2.24) is 4.90 Å². The van der Waals surface area contributed by atoms with Gasteiger partial charge in [0.2, 0.25) is 5.91 Å². The minimum Gasteiger partial charge on any atom is -0.338 e. The largest absolute Gasteiger partial charge is 0.338 e. The van der Waals surface area contributed by atoms with Gasteiger partial charge in [-0.2, -0.15) is 0 Å². The van der Waals surface area contributed by atoms with Gasteiger partial charge >= 0.3 is 0 Å². The third-order valence-corrected chi connectivity index (χ3v) is 6.42. The monoisotopic (exact) mass is 476 g/mol. The number of carbonyl (C=O) groups excluding carboxylic acids is 3. The molecular formula is C22H25BrN2O3S. The molecule has 0 spiro atoms. The highest BCUT2D eigenvalue weighted by atomic mass is 79.9. The quantitative estimate of drug-likeness (QED) is 0.580. The summed E-state index contributed by atoms with van der Waals surface area (Å²) < 4.78 is 0.782. The minimum atomic E-state index is -0.272. The molecule has 2 heterocycles. The van der Waals surface area contributed by atoms with Gasteiger partial charge in [0.1, 0.15) is 0 Å². The molecule has 2 amide bonds. The van der Waals surface area contributed by atoms with Gasteiger partial charge in [-0.3, -0.25) is 14.4 Å². The fraction of sp³-hybridized carbons (Fsp3) is 0.409. The zero-order valence-electron chi connectivity index (χ0n) is 16.6. The number of halogens is 1. The number of amides is 2. The molecule has 3 rings (SSSR count). The van der Waals surface area contributed by atoms with E-state index in [2.05, 4.69) is 35.1 Å². The van der Waals surface area contributed by atoms with Gasteiger partial charge in [-0.05, 0) is 47.9 Å². The van der Waals surface area contributed by atoms with Crippen molar-refractivity contribution in [1.29, 1.82) is 0 Å². The number of hydrogen-bond acceptors (Lipinski definition) is 4. The van der Waals surface area contributed by atoms with Crippen LogP contribution >= 0.6 is 27.3 Å². The normalized spacial score (nSPS) is 19.1. The minimum absolute atomic E-state index is 0.0430. The summed E-state index contributed by atoms with van der Waals surface area (Å²) in [5, 5.41) is 4.67. The molecule has 0 saturated carbocycles. The van der Waals surface area contributed by atoms with E-state index in [0.717, 1.165) is 24.0 Å². The molecule has 1 aromatic heterocycles. The van der Waals surface area contributed by atoms with E-state index in [9.17, 15) is 14.4 Å². The number of anilines is 1. The first-order chi connectivity index (χ1) is 13.8. The summed E-state index contributed by atoms with van der Waals surface area (Å²) in [6, 6.07) is 8.85. The fourth-order valence-electron chi connectivity index (χ4n) is 3.80. The Kier molecular flexibility index (Phi) is 7.24. The zero-order chi connectivity index (χ0) is 21.0. The molecule has 154 valence electrons. The Morgan fingerprint density at radius 1 is 1.14 bits per heavy atom. The van der Waals surface area contributed by atoms with Gasteiger partial charge in [0, 0.05) is 30.4 Å². The first-order valence-electron chi connectivity index (χ1n) is 9.79. The number of benzene rings is 1. The smallest absolute Gasteiger partial charge is 0.256 e. The predicted octanol–water partition coefficient (Wildman–Crippen LogP) is 5.23.